The van der Waals surface area contributed by atoms with E-state index in [0.29, 0.717) is 5.92 Å². The average Bonchev–Trinajstić information content (AvgIpc) is 2.28. The fourth-order valence-corrected chi connectivity index (χ4v) is 1.76. The molecular weight excluding hydrogens is 200 g/mol. The van der Waals surface area contributed by atoms with Crippen LogP contribution in [0, 0.1) is 5.92 Å². The lowest BCUT2D eigenvalue weighted by molar-refractivity contribution is 0.225. The molecule has 0 radical (unpaired) electrons. The zero-order valence-corrected chi connectivity index (χ0v) is 10.2. The molecule has 1 rings (SSSR count). The fraction of sp³-hybridized carbons (Fsp3) is 0.615. The van der Waals surface area contributed by atoms with Gasteiger partial charge < -0.3 is 10.4 Å². The molecule has 1 aromatic rings. The molecule has 1 aromatic heterocycles. The Morgan fingerprint density at radius 3 is 2.56 bits per heavy atom. The zero-order chi connectivity index (χ0) is 11.8. The van der Waals surface area contributed by atoms with Crippen LogP contribution in [-0.4, -0.2) is 29.3 Å². The minimum absolute atomic E-state index is 0.217. The Morgan fingerprint density at radius 2 is 2.00 bits per heavy atom. The quantitative estimate of drug-likeness (QED) is 0.737. The molecule has 1 unspecified atom stereocenters. The van der Waals surface area contributed by atoms with Gasteiger partial charge in [0, 0.05) is 18.4 Å². The summed E-state index contributed by atoms with van der Waals surface area (Å²) in [6.07, 6.45) is 5.63. The van der Waals surface area contributed by atoms with Crippen molar-refractivity contribution >= 4 is 0 Å². The van der Waals surface area contributed by atoms with Crippen molar-refractivity contribution in [2.75, 3.05) is 13.2 Å². The van der Waals surface area contributed by atoms with Gasteiger partial charge in [-0.25, -0.2) is 0 Å². The molecule has 0 aliphatic carbocycles. The second-order valence-corrected chi connectivity index (χ2v) is 4.57. The van der Waals surface area contributed by atoms with Crippen molar-refractivity contribution in [2.24, 2.45) is 5.92 Å². The first-order valence-corrected chi connectivity index (χ1v) is 5.95. The molecule has 1 heterocycles. The summed E-state index contributed by atoms with van der Waals surface area (Å²) < 4.78 is 0. The van der Waals surface area contributed by atoms with Gasteiger partial charge in [0.05, 0.1) is 6.61 Å². The van der Waals surface area contributed by atoms with Crippen LogP contribution in [0.15, 0.2) is 24.5 Å². The van der Waals surface area contributed by atoms with E-state index in [4.69, 9.17) is 0 Å². The van der Waals surface area contributed by atoms with Crippen molar-refractivity contribution in [1.82, 2.24) is 10.3 Å². The molecule has 1 atom stereocenters. The Hall–Kier alpha value is -0.930. The lowest BCUT2D eigenvalue weighted by atomic mass is 10.0. The van der Waals surface area contributed by atoms with Gasteiger partial charge in [-0.05, 0) is 43.0 Å². The van der Waals surface area contributed by atoms with Gasteiger partial charge in [0.25, 0.3) is 0 Å². The van der Waals surface area contributed by atoms with Gasteiger partial charge in [0.2, 0.25) is 0 Å². The van der Waals surface area contributed by atoms with Gasteiger partial charge in [0.15, 0.2) is 0 Å². The third-order valence-electron chi connectivity index (χ3n) is 2.57. The largest absolute Gasteiger partial charge is 0.395 e. The molecule has 0 fully saturated rings. The Kier molecular flexibility index (Phi) is 6.04. The highest BCUT2D eigenvalue weighted by atomic mass is 16.3. The maximum absolute atomic E-state index is 9.20. The van der Waals surface area contributed by atoms with E-state index in [0.717, 1.165) is 19.4 Å². The highest BCUT2D eigenvalue weighted by Crippen LogP contribution is 2.04. The smallest absolute Gasteiger partial charge is 0.0584 e. The van der Waals surface area contributed by atoms with E-state index < -0.39 is 0 Å². The van der Waals surface area contributed by atoms with Crippen LogP contribution in [0.25, 0.3) is 0 Å². The third-order valence-corrected chi connectivity index (χ3v) is 2.57. The van der Waals surface area contributed by atoms with Crippen LogP contribution in [0.1, 0.15) is 25.8 Å². The fourth-order valence-electron chi connectivity index (χ4n) is 1.76. The monoisotopic (exact) mass is 222 g/mol. The van der Waals surface area contributed by atoms with E-state index in [1.807, 2.05) is 24.5 Å². The van der Waals surface area contributed by atoms with Crippen LogP contribution in [-0.2, 0) is 6.42 Å². The summed E-state index contributed by atoms with van der Waals surface area (Å²) in [6.45, 7) is 5.47. The van der Waals surface area contributed by atoms with E-state index in [1.54, 1.807) is 0 Å². The summed E-state index contributed by atoms with van der Waals surface area (Å²) in [5.41, 5.74) is 1.28. The van der Waals surface area contributed by atoms with Gasteiger partial charge in [-0.2, -0.15) is 0 Å². The molecule has 90 valence electrons. The molecular formula is C13H22N2O. The molecule has 0 amide bonds. The Labute approximate surface area is 97.9 Å². The highest BCUT2D eigenvalue weighted by Gasteiger charge is 2.08. The second kappa shape index (κ2) is 7.36. The number of aliphatic hydroxyl groups is 1. The Balaban J connectivity index is 2.23. The van der Waals surface area contributed by atoms with E-state index >= 15 is 0 Å². The van der Waals surface area contributed by atoms with Crippen molar-refractivity contribution in [1.29, 1.82) is 0 Å². The minimum Gasteiger partial charge on any atom is -0.395 e. The molecule has 0 saturated carbocycles. The molecule has 2 N–H and O–H groups in total. The van der Waals surface area contributed by atoms with Gasteiger partial charge in [-0.3, -0.25) is 4.98 Å². The van der Waals surface area contributed by atoms with Crippen molar-refractivity contribution in [2.45, 2.75) is 32.7 Å². The lowest BCUT2D eigenvalue weighted by Crippen LogP contribution is -2.35. The number of rotatable bonds is 7. The van der Waals surface area contributed by atoms with Crippen LogP contribution in [0.5, 0.6) is 0 Å². The van der Waals surface area contributed by atoms with E-state index in [1.165, 1.54) is 5.56 Å². The van der Waals surface area contributed by atoms with Crippen LogP contribution < -0.4 is 5.32 Å². The number of aromatic nitrogens is 1. The minimum atomic E-state index is 0.217. The van der Waals surface area contributed by atoms with Crippen LogP contribution >= 0.6 is 0 Å². The number of pyridine rings is 1. The zero-order valence-electron chi connectivity index (χ0n) is 10.2. The predicted octanol–water partition coefficient (Wildman–Crippen LogP) is 1.62. The standard InChI is InChI=1S/C13H22N2O/c1-11(2)9-13(10-16)15-8-5-12-3-6-14-7-4-12/h3-4,6-7,11,13,15-16H,5,8-10H2,1-2H3. The van der Waals surface area contributed by atoms with Crippen molar-refractivity contribution in [3.63, 3.8) is 0 Å². The van der Waals surface area contributed by atoms with Crippen LogP contribution in [0.2, 0.25) is 0 Å². The summed E-state index contributed by atoms with van der Waals surface area (Å²) in [5.74, 6) is 0.616. The first-order valence-electron chi connectivity index (χ1n) is 5.95. The Morgan fingerprint density at radius 1 is 1.31 bits per heavy atom. The normalized spacial score (nSPS) is 13.0. The molecule has 0 saturated heterocycles. The van der Waals surface area contributed by atoms with Crippen molar-refractivity contribution < 1.29 is 5.11 Å². The summed E-state index contributed by atoms with van der Waals surface area (Å²) in [5, 5.41) is 12.6. The predicted molar refractivity (Wildman–Crippen MR) is 66.3 cm³/mol. The molecule has 0 aliphatic rings. The summed E-state index contributed by atoms with van der Waals surface area (Å²) in [4.78, 5) is 3.98. The molecule has 3 heteroatoms. The molecule has 0 spiro atoms. The first kappa shape index (κ1) is 13.1. The van der Waals surface area contributed by atoms with E-state index in [9.17, 15) is 5.11 Å². The maximum Gasteiger partial charge on any atom is 0.0584 e. The van der Waals surface area contributed by atoms with E-state index in [-0.39, 0.29) is 12.6 Å². The van der Waals surface area contributed by atoms with Gasteiger partial charge in [0.1, 0.15) is 0 Å². The Bertz CT molecular complexity index is 275. The molecule has 0 aromatic carbocycles. The van der Waals surface area contributed by atoms with Gasteiger partial charge in [-0.1, -0.05) is 13.8 Å². The summed E-state index contributed by atoms with van der Waals surface area (Å²) in [7, 11) is 0. The van der Waals surface area contributed by atoms with Gasteiger partial charge >= 0.3 is 0 Å². The van der Waals surface area contributed by atoms with Gasteiger partial charge in [-0.15, -0.1) is 0 Å². The van der Waals surface area contributed by atoms with Crippen molar-refractivity contribution in [3.05, 3.63) is 30.1 Å². The lowest BCUT2D eigenvalue weighted by Gasteiger charge is -2.18. The highest BCUT2D eigenvalue weighted by molar-refractivity contribution is 5.09. The van der Waals surface area contributed by atoms with Crippen LogP contribution in [0.3, 0.4) is 0 Å². The average molecular weight is 222 g/mol. The molecule has 3 nitrogen and oxygen atoms in total. The number of nitrogens with one attached hydrogen (secondary N) is 1. The molecule has 16 heavy (non-hydrogen) atoms. The number of hydrogen-bond acceptors (Lipinski definition) is 3. The summed E-state index contributed by atoms with van der Waals surface area (Å²) in [6, 6.07) is 4.28. The second-order valence-electron chi connectivity index (χ2n) is 4.57. The van der Waals surface area contributed by atoms with Crippen LogP contribution in [0.4, 0.5) is 0 Å². The number of hydrogen-bond donors (Lipinski definition) is 2. The topological polar surface area (TPSA) is 45.1 Å². The molecule has 0 bridgehead atoms. The number of nitrogens with zero attached hydrogens (tertiary/aromatic N) is 1. The first-order chi connectivity index (χ1) is 7.72. The maximum atomic E-state index is 9.20. The SMILES string of the molecule is CC(C)CC(CO)NCCc1ccncc1. The van der Waals surface area contributed by atoms with E-state index in [2.05, 4.69) is 24.1 Å². The third kappa shape index (κ3) is 5.24. The molecule has 0 aliphatic heterocycles. The summed E-state index contributed by atoms with van der Waals surface area (Å²) >= 11 is 0. The van der Waals surface area contributed by atoms with Crippen molar-refractivity contribution in [3.8, 4) is 0 Å². The number of aliphatic hydroxyl groups excluding tert-OH is 1.